The van der Waals surface area contributed by atoms with Crippen molar-refractivity contribution in [2.24, 2.45) is 0 Å². The highest BCUT2D eigenvalue weighted by molar-refractivity contribution is 6.01. The maximum atomic E-state index is 12.1. The van der Waals surface area contributed by atoms with Gasteiger partial charge in [0.2, 0.25) is 5.69 Å². The van der Waals surface area contributed by atoms with E-state index < -0.39 is 5.97 Å². The molecule has 7 heteroatoms. The molecular weight excluding hydrogens is 224 g/mol. The van der Waals surface area contributed by atoms with E-state index in [1.54, 1.807) is 4.90 Å². The summed E-state index contributed by atoms with van der Waals surface area (Å²) >= 11 is 0. The van der Waals surface area contributed by atoms with Crippen LogP contribution < -0.4 is 0 Å². The van der Waals surface area contributed by atoms with E-state index in [1.807, 2.05) is 0 Å². The summed E-state index contributed by atoms with van der Waals surface area (Å²) in [5.41, 5.74) is -0.404. The Morgan fingerprint density at radius 1 is 1.06 bits per heavy atom. The van der Waals surface area contributed by atoms with Crippen LogP contribution >= 0.6 is 0 Å². The average Bonchev–Trinajstić information content (AvgIpc) is 2.64. The highest BCUT2D eigenvalue weighted by Gasteiger charge is 2.26. The minimum atomic E-state index is -1.24. The zero-order chi connectivity index (χ0) is 12.3. The van der Waals surface area contributed by atoms with E-state index in [0.717, 1.165) is 25.7 Å². The minimum Gasteiger partial charge on any atom is -0.476 e. The molecular formula is C10H14N4O3. The summed E-state index contributed by atoms with van der Waals surface area (Å²) in [5.74, 6) is -1.59. The van der Waals surface area contributed by atoms with Crippen LogP contribution in [0.3, 0.4) is 0 Å². The van der Waals surface area contributed by atoms with Crippen LogP contribution in [0.25, 0.3) is 0 Å². The number of likely N-dealkylation sites (tertiary alicyclic amines) is 1. The topological polar surface area (TPSA) is 99.2 Å². The largest absolute Gasteiger partial charge is 0.476 e. The molecule has 7 nitrogen and oxygen atoms in total. The number of carbonyl (C=O) groups is 2. The van der Waals surface area contributed by atoms with Gasteiger partial charge in [0.15, 0.2) is 5.69 Å². The van der Waals surface area contributed by atoms with E-state index in [1.165, 1.54) is 0 Å². The average molecular weight is 238 g/mol. The molecule has 1 aliphatic heterocycles. The van der Waals surface area contributed by atoms with Crippen molar-refractivity contribution in [2.75, 3.05) is 13.1 Å². The first-order valence-corrected chi connectivity index (χ1v) is 5.63. The Balaban J connectivity index is 2.17. The number of aromatic carboxylic acids is 1. The minimum absolute atomic E-state index is 0.0978. The van der Waals surface area contributed by atoms with Crippen molar-refractivity contribution in [1.82, 2.24) is 20.3 Å². The SMILES string of the molecule is O=C(O)c1n[nH]nc1C(=O)N1CCCCCC1. The van der Waals surface area contributed by atoms with Gasteiger partial charge in [0.25, 0.3) is 5.91 Å². The number of amides is 1. The highest BCUT2D eigenvalue weighted by Crippen LogP contribution is 2.13. The van der Waals surface area contributed by atoms with E-state index in [4.69, 9.17) is 5.11 Å². The molecule has 0 aromatic carbocycles. The molecule has 1 amide bonds. The fraction of sp³-hybridized carbons (Fsp3) is 0.600. The fourth-order valence-electron chi connectivity index (χ4n) is 1.95. The molecule has 1 aromatic rings. The number of carboxylic acids is 1. The number of hydrogen-bond donors (Lipinski definition) is 2. The normalized spacial score (nSPS) is 16.6. The second-order valence-corrected chi connectivity index (χ2v) is 4.03. The van der Waals surface area contributed by atoms with Crippen molar-refractivity contribution in [3.8, 4) is 0 Å². The van der Waals surface area contributed by atoms with Gasteiger partial charge in [0.1, 0.15) is 0 Å². The van der Waals surface area contributed by atoms with Crippen LogP contribution in [0, 0.1) is 0 Å². The summed E-state index contributed by atoms with van der Waals surface area (Å²) in [4.78, 5) is 24.6. The van der Waals surface area contributed by atoms with Crippen molar-refractivity contribution >= 4 is 11.9 Å². The van der Waals surface area contributed by atoms with Gasteiger partial charge in [-0.15, -0.1) is 10.2 Å². The van der Waals surface area contributed by atoms with Crippen LogP contribution in [-0.4, -0.2) is 50.4 Å². The lowest BCUT2D eigenvalue weighted by atomic mass is 10.2. The van der Waals surface area contributed by atoms with Crippen molar-refractivity contribution in [2.45, 2.75) is 25.7 Å². The van der Waals surface area contributed by atoms with Crippen molar-refractivity contribution < 1.29 is 14.7 Å². The highest BCUT2D eigenvalue weighted by atomic mass is 16.4. The first-order valence-electron chi connectivity index (χ1n) is 5.63. The number of aromatic nitrogens is 3. The van der Waals surface area contributed by atoms with Gasteiger partial charge in [-0.1, -0.05) is 12.8 Å². The first-order chi connectivity index (χ1) is 8.20. The molecule has 0 bridgehead atoms. The molecule has 92 valence electrons. The molecule has 1 aliphatic rings. The molecule has 2 rings (SSSR count). The van der Waals surface area contributed by atoms with Crippen LogP contribution in [0.2, 0.25) is 0 Å². The molecule has 0 spiro atoms. The number of nitrogens with one attached hydrogen (secondary N) is 1. The number of hydrogen-bond acceptors (Lipinski definition) is 4. The van der Waals surface area contributed by atoms with Gasteiger partial charge >= 0.3 is 5.97 Å². The predicted octanol–water partition coefficient (Wildman–Crippen LogP) is 0.519. The second kappa shape index (κ2) is 4.94. The van der Waals surface area contributed by atoms with Gasteiger partial charge in [-0.25, -0.2) is 4.79 Å². The molecule has 2 heterocycles. The smallest absolute Gasteiger partial charge is 0.358 e. The summed E-state index contributed by atoms with van der Waals surface area (Å²) in [5, 5.41) is 18.2. The lowest BCUT2D eigenvalue weighted by Crippen LogP contribution is -2.33. The van der Waals surface area contributed by atoms with E-state index >= 15 is 0 Å². The molecule has 17 heavy (non-hydrogen) atoms. The number of H-pyrrole nitrogens is 1. The van der Waals surface area contributed by atoms with Crippen molar-refractivity contribution in [3.63, 3.8) is 0 Å². The van der Waals surface area contributed by atoms with Crippen LogP contribution in [0.4, 0.5) is 0 Å². The maximum absolute atomic E-state index is 12.1. The zero-order valence-electron chi connectivity index (χ0n) is 9.35. The summed E-state index contributed by atoms with van der Waals surface area (Å²) in [7, 11) is 0. The van der Waals surface area contributed by atoms with Gasteiger partial charge < -0.3 is 10.0 Å². The lowest BCUT2D eigenvalue weighted by molar-refractivity contribution is 0.0669. The molecule has 0 saturated carbocycles. The van der Waals surface area contributed by atoms with Gasteiger partial charge in [0.05, 0.1) is 0 Å². The lowest BCUT2D eigenvalue weighted by Gasteiger charge is -2.18. The third-order valence-corrected chi connectivity index (χ3v) is 2.85. The quantitative estimate of drug-likeness (QED) is 0.782. The standard InChI is InChI=1S/C10H14N4O3/c15-9(14-5-3-1-2-4-6-14)7-8(10(16)17)12-13-11-7/h1-6H2,(H,16,17)(H,11,12,13). The number of rotatable bonds is 2. The number of carbonyl (C=O) groups excluding carboxylic acids is 1. The summed E-state index contributed by atoms with van der Waals surface area (Å²) in [6.45, 7) is 1.31. The Hall–Kier alpha value is -1.92. The number of carboxylic acid groups (broad SMARTS) is 1. The van der Waals surface area contributed by atoms with Crippen molar-refractivity contribution in [1.29, 1.82) is 0 Å². The maximum Gasteiger partial charge on any atom is 0.358 e. The van der Waals surface area contributed by atoms with E-state index in [-0.39, 0.29) is 17.3 Å². The molecule has 0 aliphatic carbocycles. The molecule has 1 aromatic heterocycles. The molecule has 0 atom stereocenters. The first kappa shape index (κ1) is 11.6. The Morgan fingerprint density at radius 3 is 2.24 bits per heavy atom. The molecule has 1 fully saturated rings. The zero-order valence-corrected chi connectivity index (χ0v) is 9.35. The monoisotopic (exact) mass is 238 g/mol. The van der Waals surface area contributed by atoms with Crippen molar-refractivity contribution in [3.05, 3.63) is 11.4 Å². The van der Waals surface area contributed by atoms with E-state index in [0.29, 0.717) is 13.1 Å². The Kier molecular flexibility index (Phi) is 3.36. The number of nitrogens with zero attached hydrogens (tertiary/aromatic N) is 3. The molecule has 0 unspecified atom stereocenters. The van der Waals surface area contributed by atoms with Gasteiger partial charge in [-0.05, 0) is 12.8 Å². The Morgan fingerprint density at radius 2 is 1.65 bits per heavy atom. The second-order valence-electron chi connectivity index (χ2n) is 4.03. The van der Waals surface area contributed by atoms with Crippen LogP contribution in [0.15, 0.2) is 0 Å². The summed E-state index contributed by atoms with van der Waals surface area (Å²) in [6.07, 6.45) is 4.11. The van der Waals surface area contributed by atoms with Crippen LogP contribution in [-0.2, 0) is 0 Å². The van der Waals surface area contributed by atoms with Gasteiger partial charge in [0, 0.05) is 13.1 Å². The number of aromatic amines is 1. The molecule has 1 saturated heterocycles. The summed E-state index contributed by atoms with van der Waals surface area (Å²) < 4.78 is 0. The summed E-state index contributed by atoms with van der Waals surface area (Å²) in [6, 6.07) is 0. The Labute approximate surface area is 97.8 Å². The third-order valence-electron chi connectivity index (χ3n) is 2.85. The Bertz CT molecular complexity index is 421. The van der Waals surface area contributed by atoms with Gasteiger partial charge in [-0.2, -0.15) is 5.21 Å². The molecule has 2 N–H and O–H groups in total. The predicted molar refractivity (Wildman–Crippen MR) is 57.7 cm³/mol. The van der Waals surface area contributed by atoms with Gasteiger partial charge in [-0.3, -0.25) is 4.79 Å². The van der Waals surface area contributed by atoms with Crippen LogP contribution in [0.1, 0.15) is 46.7 Å². The molecule has 0 radical (unpaired) electrons. The van der Waals surface area contributed by atoms with Crippen LogP contribution in [0.5, 0.6) is 0 Å². The van der Waals surface area contributed by atoms with E-state index in [9.17, 15) is 9.59 Å². The third kappa shape index (κ3) is 2.43. The van der Waals surface area contributed by atoms with E-state index in [2.05, 4.69) is 15.4 Å². The fourth-order valence-corrected chi connectivity index (χ4v) is 1.95.